The summed E-state index contributed by atoms with van der Waals surface area (Å²) >= 11 is 0. The van der Waals surface area contributed by atoms with Gasteiger partial charge in [0.15, 0.2) is 0 Å². The van der Waals surface area contributed by atoms with Gasteiger partial charge < -0.3 is 0 Å². The van der Waals surface area contributed by atoms with E-state index in [4.69, 9.17) is 0 Å². The van der Waals surface area contributed by atoms with Crippen molar-refractivity contribution in [3.8, 4) is 0 Å². The van der Waals surface area contributed by atoms with E-state index in [9.17, 15) is 0 Å². The number of quaternary nitrogens is 1. The van der Waals surface area contributed by atoms with E-state index in [-0.39, 0.29) is 0 Å². The summed E-state index contributed by atoms with van der Waals surface area (Å²) in [6, 6.07) is 32.7. The molecular formula is C21H22N+. The number of rotatable bonds is 4. The van der Waals surface area contributed by atoms with Crippen LogP contribution in [0.3, 0.4) is 0 Å². The minimum absolute atomic E-state index is 0.382. The Morgan fingerprint density at radius 3 is 1.00 bits per heavy atom. The molecule has 3 aromatic carbocycles. The molecule has 0 aliphatic heterocycles. The minimum atomic E-state index is 0.382. The van der Waals surface area contributed by atoms with Crippen LogP contribution in [0.5, 0.6) is 0 Å². The molecule has 1 heteroatoms. The Balaban J connectivity index is 2.34. The Labute approximate surface area is 133 Å². The first-order chi connectivity index (χ1) is 10.8. The Hall–Kier alpha value is -2.38. The second-order valence-electron chi connectivity index (χ2n) is 5.82. The van der Waals surface area contributed by atoms with Crippen LogP contribution in [-0.2, 0) is 0 Å². The van der Waals surface area contributed by atoms with Gasteiger partial charge in [0, 0.05) is 0 Å². The molecule has 3 aromatic rings. The van der Waals surface area contributed by atoms with Crippen LogP contribution in [0.1, 0.15) is 13.8 Å². The first kappa shape index (κ1) is 14.6. The Morgan fingerprint density at radius 2 is 0.773 bits per heavy atom. The van der Waals surface area contributed by atoms with E-state index in [1.54, 1.807) is 0 Å². The quantitative estimate of drug-likeness (QED) is 0.511. The molecule has 0 aromatic heterocycles. The third-order valence-corrected chi connectivity index (χ3v) is 4.26. The van der Waals surface area contributed by atoms with Crippen molar-refractivity contribution in [2.75, 3.05) is 0 Å². The van der Waals surface area contributed by atoms with Crippen LogP contribution in [0, 0.1) is 0 Å². The highest BCUT2D eigenvalue weighted by molar-refractivity contribution is 5.71. The summed E-state index contributed by atoms with van der Waals surface area (Å²) in [4.78, 5) is 0. The fraction of sp³-hybridized carbons (Fsp3) is 0.143. The molecule has 0 N–H and O–H groups in total. The van der Waals surface area contributed by atoms with E-state index in [0.29, 0.717) is 6.04 Å². The maximum Gasteiger partial charge on any atom is 0.143 e. The molecule has 0 bridgehead atoms. The SMILES string of the molecule is CC(C)[N+](c1ccccc1)(c1ccccc1)c1ccccc1. The average Bonchev–Trinajstić information content (AvgIpc) is 2.58. The van der Waals surface area contributed by atoms with Crippen molar-refractivity contribution < 1.29 is 0 Å². The molecule has 22 heavy (non-hydrogen) atoms. The van der Waals surface area contributed by atoms with Crippen molar-refractivity contribution in [2.45, 2.75) is 19.9 Å². The van der Waals surface area contributed by atoms with Crippen LogP contribution in [-0.4, -0.2) is 6.04 Å². The molecule has 3 rings (SSSR count). The minimum Gasteiger partial charge on any atom is -0.225 e. The zero-order valence-corrected chi connectivity index (χ0v) is 13.2. The lowest BCUT2D eigenvalue weighted by Crippen LogP contribution is -2.45. The highest BCUT2D eigenvalue weighted by Gasteiger charge is 2.39. The number of nitrogens with zero attached hydrogens (tertiary/aromatic N) is 1. The van der Waals surface area contributed by atoms with Gasteiger partial charge >= 0.3 is 0 Å². The standard InChI is InChI=1S/C21H22N/c1-18(2)22(19-12-6-3-7-13-19,20-14-8-4-9-15-20)21-16-10-5-11-17-21/h3-18H,1-2H3/q+1. The molecular weight excluding hydrogens is 266 g/mol. The van der Waals surface area contributed by atoms with Gasteiger partial charge in [-0.05, 0) is 50.2 Å². The molecule has 0 saturated carbocycles. The summed E-state index contributed by atoms with van der Waals surface area (Å²) in [5, 5.41) is 0. The van der Waals surface area contributed by atoms with Crippen molar-refractivity contribution >= 4 is 17.1 Å². The molecule has 0 aliphatic rings. The molecule has 0 unspecified atom stereocenters. The number of benzene rings is 3. The van der Waals surface area contributed by atoms with Gasteiger partial charge in [0.2, 0.25) is 0 Å². The molecule has 0 spiro atoms. The second-order valence-corrected chi connectivity index (χ2v) is 5.82. The zero-order chi connectivity index (χ0) is 15.4. The van der Waals surface area contributed by atoms with Crippen LogP contribution in [0.2, 0.25) is 0 Å². The number of hydrogen-bond acceptors (Lipinski definition) is 0. The van der Waals surface area contributed by atoms with Crippen molar-refractivity contribution in [2.24, 2.45) is 0 Å². The van der Waals surface area contributed by atoms with Gasteiger partial charge in [0.25, 0.3) is 0 Å². The van der Waals surface area contributed by atoms with Gasteiger partial charge in [-0.25, -0.2) is 4.48 Å². The van der Waals surface area contributed by atoms with Crippen LogP contribution >= 0.6 is 0 Å². The second kappa shape index (κ2) is 6.17. The topological polar surface area (TPSA) is 0 Å². The van der Waals surface area contributed by atoms with Gasteiger partial charge in [-0.3, -0.25) is 0 Å². The van der Waals surface area contributed by atoms with E-state index in [1.807, 2.05) is 0 Å². The van der Waals surface area contributed by atoms with Gasteiger partial charge in [0.05, 0.1) is 6.04 Å². The number of para-hydroxylation sites is 3. The Morgan fingerprint density at radius 1 is 0.500 bits per heavy atom. The molecule has 0 fully saturated rings. The van der Waals surface area contributed by atoms with E-state index < -0.39 is 0 Å². The van der Waals surface area contributed by atoms with Crippen molar-refractivity contribution in [1.29, 1.82) is 0 Å². The summed E-state index contributed by atoms with van der Waals surface area (Å²) in [5.74, 6) is 0. The van der Waals surface area contributed by atoms with Crippen LogP contribution in [0.25, 0.3) is 0 Å². The van der Waals surface area contributed by atoms with Crippen LogP contribution in [0.15, 0.2) is 91.0 Å². The van der Waals surface area contributed by atoms with Crippen molar-refractivity contribution in [3.63, 3.8) is 0 Å². The lowest BCUT2D eigenvalue weighted by Gasteiger charge is -2.41. The first-order valence-corrected chi connectivity index (χ1v) is 7.82. The molecule has 0 radical (unpaired) electrons. The summed E-state index contributed by atoms with van der Waals surface area (Å²) < 4.78 is 0.725. The molecule has 0 heterocycles. The highest BCUT2D eigenvalue weighted by atomic mass is 15.4. The fourth-order valence-electron chi connectivity index (χ4n) is 3.33. The average molecular weight is 288 g/mol. The smallest absolute Gasteiger partial charge is 0.143 e. The van der Waals surface area contributed by atoms with Crippen molar-refractivity contribution in [1.82, 2.24) is 4.48 Å². The highest BCUT2D eigenvalue weighted by Crippen LogP contribution is 2.45. The van der Waals surface area contributed by atoms with Crippen molar-refractivity contribution in [3.05, 3.63) is 91.0 Å². The summed E-state index contributed by atoms with van der Waals surface area (Å²) in [6.45, 7) is 4.57. The largest absolute Gasteiger partial charge is 0.225 e. The lowest BCUT2D eigenvalue weighted by atomic mass is 10.1. The molecule has 110 valence electrons. The maximum atomic E-state index is 2.28. The monoisotopic (exact) mass is 288 g/mol. The van der Waals surface area contributed by atoms with E-state index in [0.717, 1.165) is 4.48 Å². The van der Waals surface area contributed by atoms with Gasteiger partial charge in [-0.2, -0.15) is 0 Å². The maximum absolute atomic E-state index is 2.28. The predicted octanol–water partition coefficient (Wildman–Crippen LogP) is 6.07. The Bertz CT molecular complexity index is 606. The van der Waals surface area contributed by atoms with E-state index in [1.165, 1.54) is 17.1 Å². The molecule has 0 amide bonds. The van der Waals surface area contributed by atoms with Crippen LogP contribution in [0.4, 0.5) is 17.1 Å². The van der Waals surface area contributed by atoms with E-state index >= 15 is 0 Å². The summed E-state index contributed by atoms with van der Waals surface area (Å²) in [5.41, 5.74) is 3.86. The third kappa shape index (κ3) is 2.34. The van der Waals surface area contributed by atoms with Gasteiger partial charge in [-0.15, -0.1) is 0 Å². The van der Waals surface area contributed by atoms with Gasteiger partial charge in [0.1, 0.15) is 17.1 Å². The zero-order valence-electron chi connectivity index (χ0n) is 13.2. The predicted molar refractivity (Wildman–Crippen MR) is 95.6 cm³/mol. The van der Waals surface area contributed by atoms with E-state index in [2.05, 4.69) is 105 Å². The lowest BCUT2D eigenvalue weighted by molar-refractivity contribution is 0.431. The van der Waals surface area contributed by atoms with Crippen LogP contribution < -0.4 is 4.48 Å². The summed E-state index contributed by atoms with van der Waals surface area (Å²) in [6.07, 6.45) is 0. The number of hydrogen-bond donors (Lipinski definition) is 0. The fourth-order valence-corrected chi connectivity index (χ4v) is 3.33. The normalized spacial score (nSPS) is 11.6. The first-order valence-electron chi connectivity index (χ1n) is 7.82. The third-order valence-electron chi connectivity index (χ3n) is 4.26. The molecule has 1 nitrogen and oxygen atoms in total. The molecule has 0 aliphatic carbocycles. The molecule has 0 atom stereocenters. The van der Waals surface area contributed by atoms with Gasteiger partial charge in [-0.1, -0.05) is 54.6 Å². The Kier molecular flexibility index (Phi) is 4.08. The summed E-state index contributed by atoms with van der Waals surface area (Å²) in [7, 11) is 0. The molecule has 0 saturated heterocycles.